The largest absolute Gasteiger partial charge is 0.394 e. The van der Waals surface area contributed by atoms with Crippen LogP contribution >= 0.6 is 0 Å². The number of benzene rings is 1. The van der Waals surface area contributed by atoms with Crippen molar-refractivity contribution in [2.45, 2.75) is 32.9 Å². The molecule has 1 heterocycles. The molecule has 0 fully saturated rings. The van der Waals surface area contributed by atoms with Crippen LogP contribution in [0.1, 0.15) is 30.6 Å². The Morgan fingerprint density at radius 2 is 2.17 bits per heavy atom. The molecule has 0 saturated heterocycles. The molecule has 2 rings (SSSR count). The van der Waals surface area contributed by atoms with Crippen molar-refractivity contribution in [2.24, 2.45) is 5.92 Å². The molecule has 126 valence electrons. The van der Waals surface area contributed by atoms with Crippen molar-refractivity contribution in [2.75, 3.05) is 20.3 Å². The quantitative estimate of drug-likeness (QED) is 0.786. The van der Waals surface area contributed by atoms with Gasteiger partial charge in [0.2, 0.25) is 0 Å². The summed E-state index contributed by atoms with van der Waals surface area (Å²) in [7, 11) is 1.68. The molecule has 5 heteroatoms. The van der Waals surface area contributed by atoms with Gasteiger partial charge < -0.3 is 19.7 Å². The minimum Gasteiger partial charge on any atom is -0.394 e. The molecule has 0 unspecified atom stereocenters. The highest BCUT2D eigenvalue weighted by molar-refractivity contribution is 6.06. The Morgan fingerprint density at radius 3 is 2.83 bits per heavy atom. The van der Waals surface area contributed by atoms with Crippen molar-refractivity contribution < 1.29 is 14.6 Å². The number of ether oxygens (including phenoxy) is 1. The average molecular weight is 318 g/mol. The number of rotatable bonds is 8. The number of aliphatic hydroxyl groups is 1. The van der Waals surface area contributed by atoms with E-state index in [-0.39, 0.29) is 24.5 Å². The minimum atomic E-state index is -0.224. The van der Waals surface area contributed by atoms with E-state index in [1.807, 2.05) is 37.4 Å². The fraction of sp³-hybridized carbons (Fsp3) is 0.500. The first kappa shape index (κ1) is 17.5. The number of aliphatic hydroxyl groups excluding tert-OH is 1. The predicted molar refractivity (Wildman–Crippen MR) is 91.6 cm³/mol. The maximum absolute atomic E-state index is 12.6. The van der Waals surface area contributed by atoms with Crippen molar-refractivity contribution in [3.8, 4) is 0 Å². The summed E-state index contributed by atoms with van der Waals surface area (Å²) in [6, 6.07) is 7.44. The van der Waals surface area contributed by atoms with Gasteiger partial charge in [-0.15, -0.1) is 0 Å². The van der Waals surface area contributed by atoms with E-state index in [0.29, 0.717) is 12.2 Å². The summed E-state index contributed by atoms with van der Waals surface area (Å²) in [6.07, 6.45) is 2.88. The summed E-state index contributed by atoms with van der Waals surface area (Å²) in [5.74, 6) is 0.0916. The van der Waals surface area contributed by atoms with Gasteiger partial charge in [0.05, 0.1) is 19.3 Å². The van der Waals surface area contributed by atoms with E-state index in [9.17, 15) is 9.90 Å². The van der Waals surface area contributed by atoms with Gasteiger partial charge in [0.25, 0.3) is 5.91 Å². The minimum absolute atomic E-state index is 0.0500. The second-order valence-electron chi connectivity index (χ2n) is 5.89. The van der Waals surface area contributed by atoms with Gasteiger partial charge in [-0.1, -0.05) is 26.3 Å². The number of hydrogen-bond donors (Lipinski definition) is 2. The first-order valence-corrected chi connectivity index (χ1v) is 8.10. The van der Waals surface area contributed by atoms with Crippen molar-refractivity contribution in [3.63, 3.8) is 0 Å². The fourth-order valence-electron chi connectivity index (χ4n) is 2.70. The van der Waals surface area contributed by atoms with Crippen LogP contribution in [0, 0.1) is 5.92 Å². The van der Waals surface area contributed by atoms with Crippen molar-refractivity contribution >= 4 is 16.8 Å². The smallest absolute Gasteiger partial charge is 0.252 e. The molecule has 0 bridgehead atoms. The molecule has 0 saturated carbocycles. The molecule has 1 amide bonds. The van der Waals surface area contributed by atoms with E-state index in [1.165, 1.54) is 0 Å². The Morgan fingerprint density at radius 1 is 1.39 bits per heavy atom. The fourth-order valence-corrected chi connectivity index (χ4v) is 2.70. The van der Waals surface area contributed by atoms with Gasteiger partial charge in [0.15, 0.2) is 0 Å². The topological polar surface area (TPSA) is 63.5 Å². The summed E-state index contributed by atoms with van der Waals surface area (Å²) in [5.41, 5.74) is 1.65. The SMILES string of the molecule is CC[C@@H](C)[C@H](CO)NC(=O)c1cccc2c1ccn2CCOC. The molecule has 0 aliphatic heterocycles. The number of methoxy groups -OCH3 is 1. The molecule has 0 aliphatic rings. The van der Waals surface area contributed by atoms with E-state index in [2.05, 4.69) is 16.8 Å². The van der Waals surface area contributed by atoms with Gasteiger partial charge in [-0.2, -0.15) is 0 Å². The second-order valence-corrected chi connectivity index (χ2v) is 5.89. The van der Waals surface area contributed by atoms with E-state index < -0.39 is 0 Å². The average Bonchev–Trinajstić information content (AvgIpc) is 2.99. The van der Waals surface area contributed by atoms with Crippen LogP contribution in [0.2, 0.25) is 0 Å². The van der Waals surface area contributed by atoms with E-state index in [0.717, 1.165) is 23.9 Å². The zero-order valence-electron chi connectivity index (χ0n) is 14.1. The molecule has 0 aliphatic carbocycles. The number of hydrogen-bond acceptors (Lipinski definition) is 3. The van der Waals surface area contributed by atoms with E-state index in [4.69, 9.17) is 4.74 Å². The maximum Gasteiger partial charge on any atom is 0.252 e. The lowest BCUT2D eigenvalue weighted by Gasteiger charge is -2.22. The summed E-state index contributed by atoms with van der Waals surface area (Å²) in [6.45, 7) is 5.41. The van der Waals surface area contributed by atoms with Gasteiger partial charge in [-0.25, -0.2) is 0 Å². The van der Waals surface area contributed by atoms with E-state index >= 15 is 0 Å². The molecule has 1 aromatic carbocycles. The van der Waals surface area contributed by atoms with Crippen LogP contribution in [0.4, 0.5) is 0 Å². The molecule has 2 atom stereocenters. The molecule has 23 heavy (non-hydrogen) atoms. The second kappa shape index (κ2) is 8.13. The van der Waals surface area contributed by atoms with Crippen molar-refractivity contribution in [1.82, 2.24) is 9.88 Å². The molecule has 2 N–H and O–H groups in total. The zero-order valence-corrected chi connectivity index (χ0v) is 14.1. The summed E-state index contributed by atoms with van der Waals surface area (Å²) < 4.78 is 7.20. The highest BCUT2D eigenvalue weighted by Crippen LogP contribution is 2.21. The van der Waals surface area contributed by atoms with Crippen LogP contribution in [-0.4, -0.2) is 41.9 Å². The molecular formula is C18H26N2O3. The van der Waals surface area contributed by atoms with Gasteiger partial charge >= 0.3 is 0 Å². The lowest BCUT2D eigenvalue weighted by Crippen LogP contribution is -2.41. The first-order chi connectivity index (χ1) is 11.1. The Labute approximate surface area is 137 Å². The summed E-state index contributed by atoms with van der Waals surface area (Å²) >= 11 is 0. The zero-order chi connectivity index (χ0) is 16.8. The number of aromatic nitrogens is 1. The maximum atomic E-state index is 12.6. The third-order valence-corrected chi connectivity index (χ3v) is 4.44. The molecule has 2 aromatic rings. The molecular weight excluding hydrogens is 292 g/mol. The third-order valence-electron chi connectivity index (χ3n) is 4.44. The van der Waals surface area contributed by atoms with Crippen LogP contribution in [0.5, 0.6) is 0 Å². The highest BCUT2D eigenvalue weighted by Gasteiger charge is 2.19. The van der Waals surface area contributed by atoms with Crippen LogP contribution in [0.3, 0.4) is 0 Å². The van der Waals surface area contributed by atoms with Crippen molar-refractivity contribution in [1.29, 1.82) is 0 Å². The van der Waals surface area contributed by atoms with Crippen molar-refractivity contribution in [3.05, 3.63) is 36.0 Å². The Hall–Kier alpha value is -1.85. The predicted octanol–water partition coefficient (Wildman–Crippen LogP) is 2.42. The number of nitrogens with one attached hydrogen (secondary N) is 1. The monoisotopic (exact) mass is 318 g/mol. The third kappa shape index (κ3) is 3.92. The van der Waals surface area contributed by atoms with Crippen LogP contribution in [0.25, 0.3) is 10.9 Å². The lowest BCUT2D eigenvalue weighted by atomic mass is 9.99. The standard InChI is InChI=1S/C18H26N2O3/c1-4-13(2)16(12-21)19-18(22)15-6-5-7-17-14(15)8-9-20(17)10-11-23-3/h5-9,13,16,21H,4,10-12H2,1-3H3,(H,19,22)/t13-,16+/m1/s1. The number of carbonyl (C=O) groups is 1. The van der Waals surface area contributed by atoms with E-state index in [1.54, 1.807) is 7.11 Å². The molecule has 1 aromatic heterocycles. The Balaban J connectivity index is 2.25. The van der Waals surface area contributed by atoms with Gasteiger partial charge in [0, 0.05) is 36.3 Å². The van der Waals surface area contributed by atoms with Gasteiger partial charge in [-0.05, 0) is 24.1 Å². The number of nitrogens with zero attached hydrogens (tertiary/aromatic N) is 1. The Bertz CT molecular complexity index is 651. The van der Waals surface area contributed by atoms with Crippen LogP contribution < -0.4 is 5.32 Å². The molecule has 5 nitrogen and oxygen atoms in total. The van der Waals surface area contributed by atoms with Crippen LogP contribution in [0.15, 0.2) is 30.5 Å². The molecule has 0 spiro atoms. The highest BCUT2D eigenvalue weighted by atomic mass is 16.5. The van der Waals surface area contributed by atoms with Gasteiger partial charge in [-0.3, -0.25) is 4.79 Å². The number of amides is 1. The normalized spacial score (nSPS) is 13.9. The number of fused-ring (bicyclic) bond motifs is 1. The number of carbonyl (C=O) groups excluding carboxylic acids is 1. The summed E-state index contributed by atoms with van der Waals surface area (Å²) in [5, 5.41) is 13.4. The first-order valence-electron chi connectivity index (χ1n) is 8.10. The van der Waals surface area contributed by atoms with Gasteiger partial charge in [0.1, 0.15) is 0 Å². The molecule has 0 radical (unpaired) electrons. The summed E-state index contributed by atoms with van der Waals surface area (Å²) in [4.78, 5) is 12.6. The lowest BCUT2D eigenvalue weighted by molar-refractivity contribution is 0.0893. The van der Waals surface area contributed by atoms with Crippen LogP contribution in [-0.2, 0) is 11.3 Å². The Kier molecular flexibility index (Phi) is 6.19.